The molecule has 0 unspecified atom stereocenters. The zero-order chi connectivity index (χ0) is 22.5. The fraction of sp³-hybridized carbons (Fsp3) is 0.217. The summed E-state index contributed by atoms with van der Waals surface area (Å²) in [6, 6.07) is 16.3. The number of furan rings is 1. The lowest BCUT2D eigenvalue weighted by Gasteiger charge is -2.07. The van der Waals surface area contributed by atoms with Crippen LogP contribution in [0.3, 0.4) is 0 Å². The Labute approximate surface area is 189 Å². The summed E-state index contributed by atoms with van der Waals surface area (Å²) in [5.41, 5.74) is 1.83. The minimum atomic E-state index is -0.389. The van der Waals surface area contributed by atoms with Crippen LogP contribution in [-0.2, 0) is 16.1 Å². The molecule has 9 heteroatoms. The Morgan fingerprint density at radius 1 is 1.09 bits per heavy atom. The number of fused-ring (bicyclic) bond motifs is 1. The van der Waals surface area contributed by atoms with E-state index in [0.717, 1.165) is 11.0 Å². The number of para-hydroxylation sites is 1. The van der Waals surface area contributed by atoms with Crippen LogP contribution in [0.2, 0.25) is 0 Å². The highest BCUT2D eigenvalue weighted by atomic mass is 32.2. The van der Waals surface area contributed by atoms with E-state index in [1.165, 1.54) is 11.8 Å². The molecule has 164 valence electrons. The van der Waals surface area contributed by atoms with E-state index < -0.39 is 0 Å². The Hall–Kier alpha value is -3.59. The van der Waals surface area contributed by atoms with E-state index in [2.05, 4.69) is 15.5 Å². The summed E-state index contributed by atoms with van der Waals surface area (Å²) in [5.74, 6) is 0.854. The fourth-order valence-corrected chi connectivity index (χ4v) is 3.99. The summed E-state index contributed by atoms with van der Waals surface area (Å²) in [5, 5.41) is 13.0. The normalized spacial score (nSPS) is 10.9. The molecule has 2 aromatic heterocycles. The number of hydrogen-bond donors (Lipinski definition) is 1. The number of thioether (sulfide) groups is 1. The van der Waals surface area contributed by atoms with Crippen molar-refractivity contribution in [1.82, 2.24) is 14.8 Å². The highest BCUT2D eigenvalue weighted by Crippen LogP contribution is 2.29. The van der Waals surface area contributed by atoms with Crippen LogP contribution >= 0.6 is 11.8 Å². The molecule has 0 fully saturated rings. The van der Waals surface area contributed by atoms with Gasteiger partial charge in [-0.05, 0) is 50.2 Å². The van der Waals surface area contributed by atoms with Crippen LogP contribution in [0.1, 0.15) is 24.2 Å². The summed E-state index contributed by atoms with van der Waals surface area (Å²) in [4.78, 5) is 24.1. The van der Waals surface area contributed by atoms with Gasteiger partial charge in [-0.2, -0.15) is 0 Å². The molecular weight excluding hydrogens is 428 g/mol. The maximum Gasteiger partial charge on any atom is 0.338 e. The topological polar surface area (TPSA) is 99.2 Å². The lowest BCUT2D eigenvalue weighted by molar-refractivity contribution is -0.113. The van der Waals surface area contributed by atoms with E-state index in [0.29, 0.717) is 41.1 Å². The van der Waals surface area contributed by atoms with Gasteiger partial charge in [-0.3, -0.25) is 9.36 Å². The molecule has 0 aliphatic carbocycles. The molecule has 1 amide bonds. The van der Waals surface area contributed by atoms with E-state index in [1.54, 1.807) is 31.2 Å². The second-order valence-corrected chi connectivity index (χ2v) is 7.78. The first-order chi connectivity index (χ1) is 15.6. The molecule has 0 radical (unpaired) electrons. The van der Waals surface area contributed by atoms with E-state index >= 15 is 0 Å². The van der Waals surface area contributed by atoms with Crippen molar-refractivity contribution in [3.05, 3.63) is 60.2 Å². The standard InChI is InChI=1S/C23H22N4O4S/c1-3-27-21(19-13-16-7-5-6-8-18(16)31-19)25-26-23(27)32-14-20(28)24-17-11-9-15(10-12-17)22(29)30-4-2/h5-13H,3-4,14H2,1-2H3,(H,24,28). The monoisotopic (exact) mass is 450 g/mol. The van der Waals surface area contributed by atoms with E-state index in [-0.39, 0.29) is 17.6 Å². The number of carbonyl (C=O) groups is 2. The number of ether oxygens (including phenoxy) is 1. The van der Waals surface area contributed by atoms with Crippen molar-refractivity contribution in [3.8, 4) is 11.6 Å². The van der Waals surface area contributed by atoms with Crippen molar-refractivity contribution < 1.29 is 18.7 Å². The van der Waals surface area contributed by atoms with Crippen LogP contribution in [0.4, 0.5) is 5.69 Å². The Morgan fingerprint density at radius 3 is 2.59 bits per heavy atom. The van der Waals surface area contributed by atoms with Gasteiger partial charge >= 0.3 is 5.97 Å². The molecule has 2 aromatic carbocycles. The highest BCUT2D eigenvalue weighted by molar-refractivity contribution is 7.99. The third-order valence-electron chi connectivity index (χ3n) is 4.69. The summed E-state index contributed by atoms with van der Waals surface area (Å²) in [7, 11) is 0. The Bertz CT molecular complexity index is 1210. The molecule has 32 heavy (non-hydrogen) atoms. The van der Waals surface area contributed by atoms with Crippen molar-refractivity contribution >= 4 is 40.3 Å². The van der Waals surface area contributed by atoms with Gasteiger partial charge in [0.1, 0.15) is 5.58 Å². The van der Waals surface area contributed by atoms with Crippen LogP contribution in [0, 0.1) is 0 Å². The largest absolute Gasteiger partial charge is 0.462 e. The number of rotatable bonds is 8. The van der Waals surface area contributed by atoms with E-state index in [9.17, 15) is 9.59 Å². The lowest BCUT2D eigenvalue weighted by Crippen LogP contribution is -2.15. The van der Waals surface area contributed by atoms with Crippen LogP contribution in [0.15, 0.2) is 64.2 Å². The van der Waals surface area contributed by atoms with Gasteiger partial charge in [0.15, 0.2) is 10.9 Å². The fourth-order valence-electron chi connectivity index (χ4n) is 3.19. The maximum absolute atomic E-state index is 12.4. The number of esters is 1. The van der Waals surface area contributed by atoms with Gasteiger partial charge in [0.25, 0.3) is 0 Å². The van der Waals surface area contributed by atoms with Gasteiger partial charge in [-0.15, -0.1) is 10.2 Å². The van der Waals surface area contributed by atoms with Gasteiger partial charge in [0, 0.05) is 17.6 Å². The van der Waals surface area contributed by atoms with E-state index in [1.807, 2.05) is 41.8 Å². The van der Waals surface area contributed by atoms with Crippen LogP contribution in [0.5, 0.6) is 0 Å². The minimum Gasteiger partial charge on any atom is -0.462 e. The number of amides is 1. The molecule has 0 aliphatic heterocycles. The molecule has 4 aromatic rings. The van der Waals surface area contributed by atoms with Gasteiger partial charge in [0.2, 0.25) is 11.7 Å². The highest BCUT2D eigenvalue weighted by Gasteiger charge is 2.18. The van der Waals surface area contributed by atoms with Crippen molar-refractivity contribution in [2.24, 2.45) is 0 Å². The first-order valence-corrected chi connectivity index (χ1v) is 11.2. The number of nitrogens with zero attached hydrogens (tertiary/aromatic N) is 3. The quantitative estimate of drug-likeness (QED) is 0.309. The van der Waals surface area contributed by atoms with Crippen molar-refractivity contribution in [1.29, 1.82) is 0 Å². The number of anilines is 1. The zero-order valence-electron chi connectivity index (χ0n) is 17.7. The van der Waals surface area contributed by atoms with Crippen LogP contribution < -0.4 is 5.32 Å². The third kappa shape index (κ3) is 4.67. The van der Waals surface area contributed by atoms with Gasteiger partial charge < -0.3 is 14.5 Å². The summed E-state index contributed by atoms with van der Waals surface area (Å²) in [6.07, 6.45) is 0. The number of carbonyl (C=O) groups excluding carboxylic acids is 2. The first kappa shape index (κ1) is 21.6. The SMILES string of the molecule is CCOC(=O)c1ccc(NC(=O)CSc2nnc(-c3cc4ccccc4o3)n2CC)cc1. The minimum absolute atomic E-state index is 0.165. The van der Waals surface area contributed by atoms with Gasteiger partial charge in [-0.25, -0.2) is 4.79 Å². The molecule has 0 aliphatic rings. The number of benzene rings is 2. The molecule has 0 saturated carbocycles. The maximum atomic E-state index is 12.4. The Kier molecular flexibility index (Phi) is 6.55. The predicted molar refractivity (Wildman–Crippen MR) is 123 cm³/mol. The van der Waals surface area contributed by atoms with Gasteiger partial charge in [-0.1, -0.05) is 30.0 Å². The Morgan fingerprint density at radius 2 is 1.88 bits per heavy atom. The smallest absolute Gasteiger partial charge is 0.338 e. The van der Waals surface area contributed by atoms with Crippen molar-refractivity contribution in [2.45, 2.75) is 25.5 Å². The second-order valence-electron chi connectivity index (χ2n) is 6.83. The third-order valence-corrected chi connectivity index (χ3v) is 5.66. The molecule has 0 bridgehead atoms. The molecule has 1 N–H and O–H groups in total. The number of aromatic nitrogens is 3. The number of nitrogens with one attached hydrogen (secondary N) is 1. The first-order valence-electron chi connectivity index (χ1n) is 10.2. The molecular formula is C23H22N4O4S. The molecule has 8 nitrogen and oxygen atoms in total. The van der Waals surface area contributed by atoms with Crippen molar-refractivity contribution in [3.63, 3.8) is 0 Å². The lowest BCUT2D eigenvalue weighted by atomic mass is 10.2. The second kappa shape index (κ2) is 9.69. The average molecular weight is 451 g/mol. The van der Waals surface area contributed by atoms with Crippen molar-refractivity contribution in [2.75, 3.05) is 17.7 Å². The van der Waals surface area contributed by atoms with E-state index in [4.69, 9.17) is 9.15 Å². The summed E-state index contributed by atoms with van der Waals surface area (Å²) >= 11 is 1.30. The molecule has 0 saturated heterocycles. The molecule has 0 atom stereocenters. The average Bonchev–Trinajstić information content (AvgIpc) is 3.41. The summed E-state index contributed by atoms with van der Waals surface area (Å²) in [6.45, 7) is 4.70. The molecule has 0 spiro atoms. The van der Waals surface area contributed by atoms with Crippen LogP contribution in [0.25, 0.3) is 22.6 Å². The van der Waals surface area contributed by atoms with Crippen LogP contribution in [-0.4, -0.2) is 39.0 Å². The molecule has 2 heterocycles. The Balaban J connectivity index is 1.40. The zero-order valence-corrected chi connectivity index (χ0v) is 18.5. The number of hydrogen-bond acceptors (Lipinski definition) is 7. The van der Waals surface area contributed by atoms with Gasteiger partial charge in [0.05, 0.1) is 17.9 Å². The molecule has 4 rings (SSSR count). The predicted octanol–water partition coefficient (Wildman–Crippen LogP) is 4.62. The summed E-state index contributed by atoms with van der Waals surface area (Å²) < 4.78 is 12.8.